The first-order chi connectivity index (χ1) is 11.4. The first kappa shape index (κ1) is 17.5. The van der Waals surface area contributed by atoms with Gasteiger partial charge < -0.3 is 4.74 Å². The molecule has 0 aromatic heterocycles. The van der Waals surface area contributed by atoms with Crippen molar-refractivity contribution in [3.63, 3.8) is 0 Å². The fourth-order valence-corrected chi connectivity index (χ4v) is 2.98. The van der Waals surface area contributed by atoms with Gasteiger partial charge >= 0.3 is 0 Å². The van der Waals surface area contributed by atoms with Gasteiger partial charge in [-0.15, -0.1) is 0 Å². The van der Waals surface area contributed by atoms with E-state index in [4.69, 9.17) is 9.94 Å². The number of sulfonamides is 1. The number of hydrogen-bond acceptors (Lipinski definition) is 5. The number of anilines is 1. The maximum Gasteiger partial charge on any atom is 0.267 e. The van der Waals surface area contributed by atoms with E-state index in [1.165, 1.54) is 30.8 Å². The summed E-state index contributed by atoms with van der Waals surface area (Å²) in [7, 11) is -2.25. The number of hydroxylamine groups is 1. The third kappa shape index (κ3) is 4.58. The Morgan fingerprint density at radius 2 is 1.88 bits per heavy atom. The van der Waals surface area contributed by atoms with Crippen LogP contribution in [0.15, 0.2) is 59.5 Å². The molecule has 0 unspecified atom stereocenters. The highest BCUT2D eigenvalue weighted by Crippen LogP contribution is 2.20. The summed E-state index contributed by atoms with van der Waals surface area (Å²) in [5.74, 6) is -0.0909. The molecule has 2 aromatic rings. The van der Waals surface area contributed by atoms with Crippen LogP contribution in [0.2, 0.25) is 0 Å². The standard InChI is InChI=1S/C16H16N2O5S/c1-23-14-8-6-13(7-9-14)18-24(21,22)15-4-2-3-12(11-15)5-10-16(19)17-20/h2-11,18,20H,1H3,(H,17,19)/b10-5+. The molecule has 0 aliphatic heterocycles. The zero-order valence-electron chi connectivity index (χ0n) is 12.8. The number of carbonyl (C=O) groups is 1. The van der Waals surface area contributed by atoms with E-state index in [2.05, 4.69) is 4.72 Å². The van der Waals surface area contributed by atoms with E-state index >= 15 is 0 Å². The van der Waals surface area contributed by atoms with Gasteiger partial charge in [0.25, 0.3) is 15.9 Å². The molecule has 0 saturated heterocycles. The normalized spacial score (nSPS) is 11.2. The molecule has 24 heavy (non-hydrogen) atoms. The van der Waals surface area contributed by atoms with Gasteiger partial charge in [0.1, 0.15) is 5.75 Å². The van der Waals surface area contributed by atoms with Crippen LogP contribution in [0, 0.1) is 0 Å². The Morgan fingerprint density at radius 1 is 1.17 bits per heavy atom. The lowest BCUT2D eigenvalue weighted by atomic mass is 10.2. The monoisotopic (exact) mass is 348 g/mol. The lowest BCUT2D eigenvalue weighted by molar-refractivity contribution is -0.124. The quantitative estimate of drug-likeness (QED) is 0.421. The van der Waals surface area contributed by atoms with Gasteiger partial charge in [0.15, 0.2) is 0 Å². The van der Waals surface area contributed by atoms with Crippen LogP contribution in [0.5, 0.6) is 5.75 Å². The average Bonchev–Trinajstić information content (AvgIpc) is 2.60. The molecule has 0 atom stereocenters. The van der Waals surface area contributed by atoms with E-state index in [9.17, 15) is 13.2 Å². The first-order valence-corrected chi connectivity index (χ1v) is 8.32. The minimum atomic E-state index is -3.77. The summed E-state index contributed by atoms with van der Waals surface area (Å²) in [5.41, 5.74) is 2.35. The van der Waals surface area contributed by atoms with Crippen LogP contribution in [-0.2, 0) is 14.8 Å². The molecule has 0 fully saturated rings. The minimum Gasteiger partial charge on any atom is -0.497 e. The number of nitrogens with one attached hydrogen (secondary N) is 2. The zero-order valence-corrected chi connectivity index (χ0v) is 13.6. The summed E-state index contributed by atoms with van der Waals surface area (Å²) >= 11 is 0. The maximum absolute atomic E-state index is 12.4. The number of hydrogen-bond donors (Lipinski definition) is 3. The van der Waals surface area contributed by atoms with E-state index in [0.717, 1.165) is 6.08 Å². The summed E-state index contributed by atoms with van der Waals surface area (Å²) in [5, 5.41) is 8.43. The molecule has 0 aliphatic rings. The molecule has 0 aliphatic carbocycles. The lowest BCUT2D eigenvalue weighted by Gasteiger charge is -2.09. The fourth-order valence-electron chi connectivity index (χ4n) is 1.87. The van der Waals surface area contributed by atoms with Crippen molar-refractivity contribution in [2.45, 2.75) is 4.90 Å². The van der Waals surface area contributed by atoms with E-state index in [1.807, 2.05) is 0 Å². The summed E-state index contributed by atoms with van der Waals surface area (Å²) in [6.45, 7) is 0. The van der Waals surface area contributed by atoms with E-state index < -0.39 is 15.9 Å². The van der Waals surface area contributed by atoms with Gasteiger partial charge in [0, 0.05) is 11.8 Å². The molecule has 126 valence electrons. The van der Waals surface area contributed by atoms with Gasteiger partial charge in [-0.1, -0.05) is 12.1 Å². The summed E-state index contributed by atoms with van der Waals surface area (Å²) in [6, 6.07) is 12.5. The van der Waals surface area contributed by atoms with Crippen LogP contribution in [0.4, 0.5) is 5.69 Å². The molecule has 0 heterocycles. The molecule has 0 radical (unpaired) electrons. The van der Waals surface area contributed by atoms with Crippen molar-refractivity contribution >= 4 is 27.7 Å². The van der Waals surface area contributed by atoms with Gasteiger partial charge in [-0.3, -0.25) is 14.7 Å². The van der Waals surface area contributed by atoms with Crippen LogP contribution in [0.25, 0.3) is 6.08 Å². The molecule has 2 aromatic carbocycles. The number of carbonyl (C=O) groups excluding carboxylic acids is 1. The van der Waals surface area contributed by atoms with Crippen molar-refractivity contribution in [2.75, 3.05) is 11.8 Å². The van der Waals surface area contributed by atoms with Gasteiger partial charge in [-0.05, 0) is 48.0 Å². The highest BCUT2D eigenvalue weighted by Gasteiger charge is 2.14. The Balaban J connectivity index is 2.22. The molecule has 8 heteroatoms. The van der Waals surface area contributed by atoms with Gasteiger partial charge in [-0.2, -0.15) is 0 Å². The van der Waals surface area contributed by atoms with Crippen LogP contribution >= 0.6 is 0 Å². The van der Waals surface area contributed by atoms with Crippen LogP contribution in [-0.4, -0.2) is 26.6 Å². The zero-order chi connectivity index (χ0) is 17.6. The van der Waals surface area contributed by atoms with E-state index in [1.54, 1.807) is 36.4 Å². The van der Waals surface area contributed by atoms with Crippen molar-refractivity contribution in [3.8, 4) is 5.75 Å². The molecular weight excluding hydrogens is 332 g/mol. The second-order valence-electron chi connectivity index (χ2n) is 4.72. The third-order valence-electron chi connectivity index (χ3n) is 3.05. The number of methoxy groups -OCH3 is 1. The molecule has 7 nitrogen and oxygen atoms in total. The second kappa shape index (κ2) is 7.62. The van der Waals surface area contributed by atoms with E-state index in [0.29, 0.717) is 17.0 Å². The highest BCUT2D eigenvalue weighted by atomic mass is 32.2. The topological polar surface area (TPSA) is 105 Å². The SMILES string of the molecule is COc1ccc(NS(=O)(=O)c2cccc(/C=C/C(=O)NO)c2)cc1. The molecule has 0 bridgehead atoms. The smallest absolute Gasteiger partial charge is 0.267 e. The average molecular weight is 348 g/mol. The third-order valence-corrected chi connectivity index (χ3v) is 4.43. The molecule has 2 rings (SSSR count). The first-order valence-electron chi connectivity index (χ1n) is 6.84. The Labute approximate surface area is 139 Å². The number of benzene rings is 2. The Hall–Kier alpha value is -2.84. The number of rotatable bonds is 6. The van der Waals surface area contributed by atoms with Crippen molar-refractivity contribution < 1.29 is 23.2 Å². The molecule has 0 spiro atoms. The molecule has 0 saturated carbocycles. The predicted molar refractivity (Wildman–Crippen MR) is 89.2 cm³/mol. The van der Waals surface area contributed by atoms with Crippen LogP contribution in [0.1, 0.15) is 5.56 Å². The maximum atomic E-state index is 12.4. The Kier molecular flexibility index (Phi) is 5.56. The van der Waals surface area contributed by atoms with Crippen LogP contribution in [0.3, 0.4) is 0 Å². The van der Waals surface area contributed by atoms with Gasteiger partial charge in [0.2, 0.25) is 0 Å². The predicted octanol–water partition coefficient (Wildman–Crippen LogP) is 2.01. The largest absolute Gasteiger partial charge is 0.497 e. The molecule has 3 N–H and O–H groups in total. The van der Waals surface area contributed by atoms with Crippen LogP contribution < -0.4 is 14.9 Å². The summed E-state index contributed by atoms with van der Waals surface area (Å²) in [6.07, 6.45) is 2.47. The summed E-state index contributed by atoms with van der Waals surface area (Å²) < 4.78 is 32.3. The van der Waals surface area contributed by atoms with E-state index in [-0.39, 0.29) is 4.90 Å². The Morgan fingerprint density at radius 3 is 2.50 bits per heavy atom. The van der Waals surface area contributed by atoms with Crippen molar-refractivity contribution in [1.29, 1.82) is 0 Å². The van der Waals surface area contributed by atoms with Crippen molar-refractivity contribution in [1.82, 2.24) is 5.48 Å². The Bertz CT molecular complexity index is 845. The molecular formula is C16H16N2O5S. The highest BCUT2D eigenvalue weighted by molar-refractivity contribution is 7.92. The minimum absolute atomic E-state index is 0.0462. The second-order valence-corrected chi connectivity index (χ2v) is 6.40. The van der Waals surface area contributed by atoms with Crippen molar-refractivity contribution in [3.05, 3.63) is 60.2 Å². The van der Waals surface area contributed by atoms with Gasteiger partial charge in [-0.25, -0.2) is 13.9 Å². The number of amides is 1. The number of ether oxygens (including phenoxy) is 1. The van der Waals surface area contributed by atoms with Crippen molar-refractivity contribution in [2.24, 2.45) is 0 Å². The molecule has 1 amide bonds. The van der Waals surface area contributed by atoms with Gasteiger partial charge in [0.05, 0.1) is 12.0 Å². The fraction of sp³-hybridized carbons (Fsp3) is 0.0625. The summed E-state index contributed by atoms with van der Waals surface area (Å²) in [4.78, 5) is 11.0. The lowest BCUT2D eigenvalue weighted by Crippen LogP contribution is -2.15.